The predicted molar refractivity (Wildman–Crippen MR) is 52.9 cm³/mol. The summed E-state index contributed by atoms with van der Waals surface area (Å²) in [5.74, 6) is 0. The number of hydrogen-bond donors (Lipinski definition) is 0. The molecule has 0 unspecified atom stereocenters. The number of aromatic nitrogens is 4. The zero-order valence-electron chi connectivity index (χ0n) is 5.70. The van der Waals surface area contributed by atoms with E-state index in [4.69, 9.17) is 11.6 Å². The molecule has 2 rings (SSSR count). The molecular weight excluding hydrogens is 290 g/mol. The summed E-state index contributed by atoms with van der Waals surface area (Å²) in [7, 11) is 0. The molecule has 0 aliphatic heterocycles. The Balaban J connectivity index is 2.89. The van der Waals surface area contributed by atoms with Crippen LogP contribution in [0.25, 0.3) is 11.2 Å². The van der Waals surface area contributed by atoms with Crippen LogP contribution in [-0.2, 0) is 0 Å². The molecule has 0 aliphatic carbocycles. The fourth-order valence-corrected chi connectivity index (χ4v) is 1.72. The number of fused-ring (bicyclic) bond motifs is 1. The highest BCUT2D eigenvalue weighted by atomic mass is 127. The van der Waals surface area contributed by atoms with Crippen molar-refractivity contribution in [1.29, 1.82) is 0 Å². The van der Waals surface area contributed by atoms with Crippen LogP contribution in [0, 0.1) is 3.70 Å². The van der Waals surface area contributed by atoms with Crippen LogP contribution >= 0.6 is 34.2 Å². The van der Waals surface area contributed by atoms with Crippen molar-refractivity contribution in [2.24, 2.45) is 0 Å². The zero-order valence-corrected chi connectivity index (χ0v) is 8.61. The van der Waals surface area contributed by atoms with Gasteiger partial charge in [0, 0.05) is 12.4 Å². The van der Waals surface area contributed by atoms with E-state index in [9.17, 15) is 0 Å². The standard InChI is InChI=1S/C6H2ClIN4/c7-6-11-4(8)3-5(12-6)10-2-1-9-3/h1-2H. The molecule has 0 spiro atoms. The Hall–Kier alpha value is -0.560. The fraction of sp³-hybridized carbons (Fsp3) is 0. The highest BCUT2D eigenvalue weighted by molar-refractivity contribution is 14.1. The summed E-state index contributed by atoms with van der Waals surface area (Å²) in [5, 5.41) is 0.201. The molecule has 2 aromatic rings. The van der Waals surface area contributed by atoms with Crippen molar-refractivity contribution in [3.8, 4) is 0 Å². The average molecular weight is 292 g/mol. The maximum atomic E-state index is 5.63. The van der Waals surface area contributed by atoms with Gasteiger partial charge in [-0.1, -0.05) is 0 Å². The molecule has 0 amide bonds. The summed E-state index contributed by atoms with van der Waals surface area (Å²) in [6, 6.07) is 0. The third kappa shape index (κ3) is 1.34. The van der Waals surface area contributed by atoms with Crippen molar-refractivity contribution < 1.29 is 0 Å². The Bertz CT molecular complexity index is 433. The summed E-state index contributed by atoms with van der Waals surface area (Å²) < 4.78 is 0.718. The second kappa shape index (κ2) is 3.06. The SMILES string of the molecule is Clc1nc(I)c2nccnc2n1. The van der Waals surface area contributed by atoms with E-state index in [2.05, 4.69) is 19.9 Å². The van der Waals surface area contributed by atoms with E-state index in [-0.39, 0.29) is 5.28 Å². The Kier molecular flexibility index (Phi) is 2.05. The number of rotatable bonds is 0. The van der Waals surface area contributed by atoms with Gasteiger partial charge in [-0.15, -0.1) is 0 Å². The Morgan fingerprint density at radius 3 is 2.75 bits per heavy atom. The van der Waals surface area contributed by atoms with E-state index in [1.54, 1.807) is 12.4 Å². The lowest BCUT2D eigenvalue weighted by Gasteiger charge is -1.96. The van der Waals surface area contributed by atoms with Crippen LogP contribution in [0.5, 0.6) is 0 Å². The molecule has 0 saturated heterocycles. The Morgan fingerprint density at radius 1 is 1.17 bits per heavy atom. The minimum absolute atomic E-state index is 0.201. The molecule has 2 aromatic heterocycles. The van der Waals surface area contributed by atoms with E-state index >= 15 is 0 Å². The fourth-order valence-electron chi connectivity index (χ4n) is 0.804. The molecule has 0 aliphatic rings. The predicted octanol–water partition coefficient (Wildman–Crippen LogP) is 1.68. The molecule has 0 aromatic carbocycles. The van der Waals surface area contributed by atoms with E-state index < -0.39 is 0 Å². The largest absolute Gasteiger partial charge is 0.248 e. The van der Waals surface area contributed by atoms with Gasteiger partial charge < -0.3 is 0 Å². The summed E-state index contributed by atoms with van der Waals surface area (Å²) in [4.78, 5) is 15.9. The number of nitrogens with zero attached hydrogens (tertiary/aromatic N) is 4. The van der Waals surface area contributed by atoms with Crippen LogP contribution in [0.3, 0.4) is 0 Å². The summed E-state index contributed by atoms with van der Waals surface area (Å²) in [5.41, 5.74) is 1.21. The molecule has 0 fully saturated rings. The summed E-state index contributed by atoms with van der Waals surface area (Å²) >= 11 is 7.67. The highest BCUT2D eigenvalue weighted by Gasteiger charge is 2.04. The van der Waals surface area contributed by atoms with Crippen molar-refractivity contribution in [3.05, 3.63) is 21.4 Å². The van der Waals surface area contributed by atoms with Crippen molar-refractivity contribution in [3.63, 3.8) is 0 Å². The monoisotopic (exact) mass is 292 g/mol. The molecule has 4 nitrogen and oxygen atoms in total. The molecule has 6 heteroatoms. The maximum absolute atomic E-state index is 5.63. The third-order valence-electron chi connectivity index (χ3n) is 1.26. The van der Waals surface area contributed by atoms with Crippen molar-refractivity contribution in [1.82, 2.24) is 19.9 Å². The summed E-state index contributed by atoms with van der Waals surface area (Å²) in [6.45, 7) is 0. The van der Waals surface area contributed by atoms with Crippen LogP contribution in [0.4, 0.5) is 0 Å². The molecule has 0 bridgehead atoms. The molecule has 12 heavy (non-hydrogen) atoms. The molecular formula is C6H2ClIN4. The second-order valence-corrected chi connectivity index (χ2v) is 3.37. The minimum atomic E-state index is 0.201. The topological polar surface area (TPSA) is 51.6 Å². The van der Waals surface area contributed by atoms with Gasteiger partial charge in [-0.25, -0.2) is 15.0 Å². The summed E-state index contributed by atoms with van der Waals surface area (Å²) in [6.07, 6.45) is 3.17. The van der Waals surface area contributed by atoms with Crippen LogP contribution < -0.4 is 0 Å². The molecule has 2 heterocycles. The van der Waals surface area contributed by atoms with Gasteiger partial charge in [0.25, 0.3) is 0 Å². The smallest absolute Gasteiger partial charge is 0.225 e. The van der Waals surface area contributed by atoms with Crippen molar-refractivity contribution in [2.45, 2.75) is 0 Å². The lowest BCUT2D eigenvalue weighted by atomic mass is 10.5. The lowest BCUT2D eigenvalue weighted by Crippen LogP contribution is -1.93. The quantitative estimate of drug-likeness (QED) is 0.421. The first kappa shape index (κ1) is 8.06. The molecule has 0 saturated carbocycles. The molecule has 0 radical (unpaired) electrons. The zero-order chi connectivity index (χ0) is 8.55. The number of hydrogen-bond acceptors (Lipinski definition) is 4. The maximum Gasteiger partial charge on any atom is 0.225 e. The first-order valence-corrected chi connectivity index (χ1v) is 4.53. The van der Waals surface area contributed by atoms with Gasteiger partial charge >= 0.3 is 0 Å². The van der Waals surface area contributed by atoms with Gasteiger partial charge in [0.05, 0.1) is 0 Å². The van der Waals surface area contributed by atoms with Gasteiger partial charge in [0.2, 0.25) is 5.28 Å². The van der Waals surface area contributed by atoms with E-state index in [0.29, 0.717) is 11.2 Å². The Labute approximate surface area is 86.6 Å². The second-order valence-electron chi connectivity index (χ2n) is 2.01. The minimum Gasteiger partial charge on any atom is -0.248 e. The van der Waals surface area contributed by atoms with Gasteiger partial charge in [-0.05, 0) is 34.2 Å². The van der Waals surface area contributed by atoms with Crippen molar-refractivity contribution >= 4 is 45.4 Å². The molecule has 0 atom stereocenters. The lowest BCUT2D eigenvalue weighted by molar-refractivity contribution is 1.12. The van der Waals surface area contributed by atoms with Crippen LogP contribution in [0.15, 0.2) is 12.4 Å². The van der Waals surface area contributed by atoms with E-state index in [1.165, 1.54) is 0 Å². The first-order chi connectivity index (χ1) is 5.77. The average Bonchev–Trinajstić information content (AvgIpc) is 2.04. The van der Waals surface area contributed by atoms with Gasteiger partial charge in [0.15, 0.2) is 5.65 Å². The van der Waals surface area contributed by atoms with E-state index in [1.807, 2.05) is 22.6 Å². The van der Waals surface area contributed by atoms with Crippen LogP contribution in [-0.4, -0.2) is 19.9 Å². The highest BCUT2D eigenvalue weighted by Crippen LogP contribution is 2.14. The van der Waals surface area contributed by atoms with E-state index in [0.717, 1.165) is 3.70 Å². The van der Waals surface area contributed by atoms with Crippen LogP contribution in [0.2, 0.25) is 5.28 Å². The van der Waals surface area contributed by atoms with Crippen LogP contribution in [0.1, 0.15) is 0 Å². The van der Waals surface area contributed by atoms with Gasteiger partial charge in [-0.3, -0.25) is 0 Å². The first-order valence-electron chi connectivity index (χ1n) is 3.07. The number of halogens is 2. The normalized spacial score (nSPS) is 10.5. The Morgan fingerprint density at radius 2 is 1.92 bits per heavy atom. The third-order valence-corrected chi connectivity index (χ3v) is 2.18. The molecule has 0 N–H and O–H groups in total. The molecule has 60 valence electrons. The van der Waals surface area contributed by atoms with Gasteiger partial charge in [-0.2, -0.15) is 4.98 Å². The van der Waals surface area contributed by atoms with Crippen molar-refractivity contribution in [2.75, 3.05) is 0 Å². The van der Waals surface area contributed by atoms with Gasteiger partial charge in [0.1, 0.15) is 9.22 Å².